The number of nitrogens with two attached hydrogens (primary N) is 1. The second kappa shape index (κ2) is 4.02. The van der Waals surface area contributed by atoms with E-state index in [0.29, 0.717) is 6.04 Å². The van der Waals surface area contributed by atoms with E-state index in [1.54, 1.807) is 4.68 Å². The molecule has 1 aromatic heterocycles. The van der Waals surface area contributed by atoms with E-state index in [1.807, 2.05) is 7.05 Å². The molecule has 2 heterocycles. The molecule has 2 N–H and O–H groups in total. The zero-order chi connectivity index (χ0) is 9.97. The van der Waals surface area contributed by atoms with Crippen LogP contribution in [0.4, 0.5) is 0 Å². The van der Waals surface area contributed by atoms with Crippen LogP contribution < -0.4 is 5.73 Å². The molecule has 1 fully saturated rings. The van der Waals surface area contributed by atoms with Crippen molar-refractivity contribution in [2.45, 2.75) is 25.4 Å². The lowest BCUT2D eigenvalue weighted by atomic mass is 10.1. The number of nitrogens with zero attached hydrogens (tertiary/aromatic N) is 5. The molecule has 14 heavy (non-hydrogen) atoms. The predicted molar refractivity (Wildman–Crippen MR) is 51.3 cm³/mol. The summed E-state index contributed by atoms with van der Waals surface area (Å²) < 4.78 is 1.72. The molecule has 0 radical (unpaired) electrons. The van der Waals surface area contributed by atoms with Gasteiger partial charge in [-0.05, 0) is 23.3 Å². The molecule has 78 valence electrons. The molecule has 1 aromatic rings. The lowest BCUT2D eigenvalue weighted by molar-refractivity contribution is 0.199. The summed E-state index contributed by atoms with van der Waals surface area (Å²) >= 11 is 0. The van der Waals surface area contributed by atoms with Crippen molar-refractivity contribution in [2.24, 2.45) is 12.8 Å². The smallest absolute Gasteiger partial charge is 0.164 e. The second-order valence-electron chi connectivity index (χ2n) is 3.83. The minimum absolute atomic E-state index is 0.379. The highest BCUT2D eigenvalue weighted by atomic mass is 15.5. The average Bonchev–Trinajstić information content (AvgIpc) is 2.56. The number of rotatable bonds is 2. The van der Waals surface area contributed by atoms with Crippen LogP contribution in [0, 0.1) is 0 Å². The maximum atomic E-state index is 5.83. The summed E-state index contributed by atoms with van der Waals surface area (Å²) in [6, 6.07) is 0.379. The van der Waals surface area contributed by atoms with E-state index in [4.69, 9.17) is 5.73 Å². The van der Waals surface area contributed by atoms with Crippen LogP contribution in [0.5, 0.6) is 0 Å². The molecule has 6 heteroatoms. The average molecular weight is 196 g/mol. The molecular weight excluding hydrogens is 180 g/mol. The summed E-state index contributed by atoms with van der Waals surface area (Å²) in [4.78, 5) is 2.34. The van der Waals surface area contributed by atoms with E-state index in [0.717, 1.165) is 38.3 Å². The Bertz CT molecular complexity index is 288. The Morgan fingerprint density at radius 3 is 2.71 bits per heavy atom. The lowest BCUT2D eigenvalue weighted by Crippen LogP contribution is -2.39. The number of hydrogen-bond acceptors (Lipinski definition) is 5. The Morgan fingerprint density at radius 2 is 2.14 bits per heavy atom. The molecule has 0 aromatic carbocycles. The molecule has 0 amide bonds. The second-order valence-corrected chi connectivity index (χ2v) is 3.83. The highest BCUT2D eigenvalue weighted by molar-refractivity contribution is 4.82. The molecule has 1 saturated heterocycles. The number of hydrogen-bond donors (Lipinski definition) is 1. The van der Waals surface area contributed by atoms with Crippen LogP contribution in [0.15, 0.2) is 0 Å². The van der Waals surface area contributed by atoms with E-state index >= 15 is 0 Å². The van der Waals surface area contributed by atoms with Gasteiger partial charge >= 0.3 is 0 Å². The monoisotopic (exact) mass is 196 g/mol. The molecule has 0 saturated carbocycles. The minimum Gasteiger partial charge on any atom is -0.328 e. The van der Waals surface area contributed by atoms with Gasteiger partial charge in [-0.3, -0.25) is 4.90 Å². The molecule has 0 spiro atoms. The number of piperidine rings is 1. The van der Waals surface area contributed by atoms with Crippen LogP contribution in [0.2, 0.25) is 0 Å². The molecule has 0 unspecified atom stereocenters. The van der Waals surface area contributed by atoms with Crippen molar-refractivity contribution in [1.29, 1.82) is 0 Å². The number of likely N-dealkylation sites (tertiary alicyclic amines) is 1. The van der Waals surface area contributed by atoms with Crippen molar-refractivity contribution < 1.29 is 0 Å². The van der Waals surface area contributed by atoms with Gasteiger partial charge in [-0.15, -0.1) is 5.10 Å². The summed E-state index contributed by atoms with van der Waals surface area (Å²) in [6.45, 7) is 2.93. The van der Waals surface area contributed by atoms with Gasteiger partial charge in [-0.25, -0.2) is 4.68 Å². The van der Waals surface area contributed by atoms with E-state index < -0.39 is 0 Å². The molecule has 0 atom stereocenters. The van der Waals surface area contributed by atoms with E-state index in [1.165, 1.54) is 0 Å². The Morgan fingerprint density at radius 1 is 1.43 bits per heavy atom. The van der Waals surface area contributed by atoms with Crippen LogP contribution in [0.1, 0.15) is 18.7 Å². The minimum atomic E-state index is 0.379. The van der Waals surface area contributed by atoms with Gasteiger partial charge < -0.3 is 5.73 Å². The number of aromatic nitrogens is 4. The van der Waals surface area contributed by atoms with Gasteiger partial charge in [0.05, 0.1) is 6.54 Å². The summed E-state index contributed by atoms with van der Waals surface area (Å²) in [6.07, 6.45) is 2.15. The van der Waals surface area contributed by atoms with Crippen LogP contribution in [-0.4, -0.2) is 44.2 Å². The first kappa shape index (κ1) is 9.54. The lowest BCUT2D eigenvalue weighted by Gasteiger charge is -2.29. The molecule has 0 aliphatic carbocycles. The first-order valence-electron chi connectivity index (χ1n) is 4.95. The fourth-order valence-electron chi connectivity index (χ4n) is 1.69. The quantitative estimate of drug-likeness (QED) is 0.666. The van der Waals surface area contributed by atoms with Crippen LogP contribution in [-0.2, 0) is 13.6 Å². The highest BCUT2D eigenvalue weighted by Crippen LogP contribution is 2.10. The van der Waals surface area contributed by atoms with Crippen molar-refractivity contribution in [1.82, 2.24) is 25.1 Å². The standard InChI is InChI=1S/C8H16N6/c1-13-8(10-11-12-13)6-14-4-2-7(9)3-5-14/h7H,2-6,9H2,1H3. The first-order valence-corrected chi connectivity index (χ1v) is 4.95. The largest absolute Gasteiger partial charge is 0.328 e. The third-order valence-corrected chi connectivity index (χ3v) is 2.71. The maximum Gasteiger partial charge on any atom is 0.164 e. The summed E-state index contributed by atoms with van der Waals surface area (Å²) in [5, 5.41) is 11.4. The molecule has 6 nitrogen and oxygen atoms in total. The molecule has 0 bridgehead atoms. The topological polar surface area (TPSA) is 72.9 Å². The van der Waals surface area contributed by atoms with Gasteiger partial charge in [0.2, 0.25) is 0 Å². The Labute approximate surface area is 83.1 Å². The van der Waals surface area contributed by atoms with E-state index in [2.05, 4.69) is 20.4 Å². The Balaban J connectivity index is 1.89. The van der Waals surface area contributed by atoms with E-state index in [-0.39, 0.29) is 0 Å². The Hall–Kier alpha value is -1.01. The van der Waals surface area contributed by atoms with Gasteiger partial charge in [0.25, 0.3) is 0 Å². The number of tetrazole rings is 1. The molecular formula is C8H16N6. The summed E-state index contributed by atoms with van der Waals surface area (Å²) in [5.74, 6) is 0.917. The summed E-state index contributed by atoms with van der Waals surface area (Å²) in [7, 11) is 1.87. The fraction of sp³-hybridized carbons (Fsp3) is 0.875. The third-order valence-electron chi connectivity index (χ3n) is 2.71. The third kappa shape index (κ3) is 2.08. The van der Waals surface area contributed by atoms with Crippen molar-refractivity contribution in [2.75, 3.05) is 13.1 Å². The molecule has 2 rings (SSSR count). The van der Waals surface area contributed by atoms with Gasteiger partial charge in [0.15, 0.2) is 5.82 Å². The van der Waals surface area contributed by atoms with Crippen molar-refractivity contribution in [3.8, 4) is 0 Å². The van der Waals surface area contributed by atoms with E-state index in [9.17, 15) is 0 Å². The number of aryl methyl sites for hydroxylation is 1. The maximum absolute atomic E-state index is 5.83. The van der Waals surface area contributed by atoms with Crippen LogP contribution in [0.25, 0.3) is 0 Å². The van der Waals surface area contributed by atoms with Gasteiger partial charge in [0, 0.05) is 26.2 Å². The van der Waals surface area contributed by atoms with Crippen LogP contribution in [0.3, 0.4) is 0 Å². The van der Waals surface area contributed by atoms with Crippen molar-refractivity contribution in [3.05, 3.63) is 5.82 Å². The zero-order valence-electron chi connectivity index (χ0n) is 8.43. The first-order chi connectivity index (χ1) is 6.75. The highest BCUT2D eigenvalue weighted by Gasteiger charge is 2.17. The SMILES string of the molecule is Cn1nnnc1CN1CCC(N)CC1. The predicted octanol–water partition coefficient (Wildman–Crippen LogP) is -0.867. The zero-order valence-corrected chi connectivity index (χ0v) is 8.43. The van der Waals surface area contributed by atoms with Crippen molar-refractivity contribution >= 4 is 0 Å². The molecule has 1 aliphatic heterocycles. The van der Waals surface area contributed by atoms with Gasteiger partial charge in [0.1, 0.15) is 0 Å². The van der Waals surface area contributed by atoms with Crippen molar-refractivity contribution in [3.63, 3.8) is 0 Å². The fourth-order valence-corrected chi connectivity index (χ4v) is 1.69. The van der Waals surface area contributed by atoms with Gasteiger partial charge in [-0.1, -0.05) is 0 Å². The Kier molecular flexibility index (Phi) is 2.74. The summed E-state index contributed by atoms with van der Waals surface area (Å²) in [5.41, 5.74) is 5.83. The normalized spacial score (nSPS) is 20.1. The van der Waals surface area contributed by atoms with Crippen LogP contribution >= 0.6 is 0 Å². The van der Waals surface area contributed by atoms with Gasteiger partial charge in [-0.2, -0.15) is 0 Å². The molecule has 1 aliphatic rings.